The number of benzene rings is 1. The summed E-state index contributed by atoms with van der Waals surface area (Å²) in [6.07, 6.45) is 0.221. The Balaban J connectivity index is 2.54. The molecule has 0 aliphatic carbocycles. The Morgan fingerprint density at radius 2 is 1.88 bits per heavy atom. The molecular weight excluding hydrogens is 247 g/mol. The minimum Gasteiger partial charge on any atom is -0.399 e. The van der Waals surface area contributed by atoms with Gasteiger partial charge in [-0.3, -0.25) is 0 Å². The van der Waals surface area contributed by atoms with E-state index in [1.807, 2.05) is 13.8 Å². The molecule has 0 saturated carbocycles. The maximum Gasteiger partial charge on any atom is 0.0721 e. The molecule has 0 saturated heterocycles. The number of nitrogens with two attached hydrogens (primary N) is 1. The molecule has 0 fully saturated rings. The lowest BCUT2D eigenvalue weighted by molar-refractivity contribution is 0.0870. The van der Waals surface area contributed by atoms with Crippen molar-refractivity contribution >= 4 is 34.6 Å². The normalized spacial score (nSPS) is 10.8. The van der Waals surface area contributed by atoms with Crippen molar-refractivity contribution in [2.75, 3.05) is 24.2 Å². The number of ether oxygens (including phenoxy) is 1. The lowest BCUT2D eigenvalue weighted by Gasteiger charge is -2.12. The highest BCUT2D eigenvalue weighted by Crippen LogP contribution is 2.32. The van der Waals surface area contributed by atoms with Gasteiger partial charge in [0.15, 0.2) is 0 Å². The highest BCUT2D eigenvalue weighted by Gasteiger charge is 2.06. The van der Waals surface area contributed by atoms with Crippen LogP contribution in [0.5, 0.6) is 0 Å². The molecule has 90 valence electrons. The fraction of sp³-hybridized carbons (Fsp3) is 0.455. The van der Waals surface area contributed by atoms with Crippen LogP contribution in [0.15, 0.2) is 12.1 Å². The zero-order valence-corrected chi connectivity index (χ0v) is 10.9. The predicted octanol–water partition coefficient (Wildman–Crippen LogP) is 3.41. The first-order valence-electron chi connectivity index (χ1n) is 5.10. The average Bonchev–Trinajstić information content (AvgIpc) is 2.14. The molecule has 0 radical (unpaired) electrons. The lowest BCUT2D eigenvalue weighted by Crippen LogP contribution is -2.13. The Hall–Kier alpha value is -0.640. The van der Waals surface area contributed by atoms with Gasteiger partial charge in [0.2, 0.25) is 0 Å². The summed E-state index contributed by atoms with van der Waals surface area (Å²) in [6.45, 7) is 5.24. The van der Waals surface area contributed by atoms with Crippen molar-refractivity contribution in [3.05, 3.63) is 22.2 Å². The second kappa shape index (κ2) is 6.18. The Morgan fingerprint density at radius 1 is 1.31 bits per heavy atom. The summed E-state index contributed by atoms with van der Waals surface area (Å²) in [6, 6.07) is 3.33. The van der Waals surface area contributed by atoms with Gasteiger partial charge in [0.1, 0.15) is 0 Å². The summed E-state index contributed by atoms with van der Waals surface area (Å²) >= 11 is 12.0. The standard InChI is InChI=1S/C11H16Cl2N2O/c1-7(2)16-4-3-15-11-9(12)5-8(14)6-10(11)13/h5-7,15H,3-4,14H2,1-2H3. The van der Waals surface area contributed by atoms with Gasteiger partial charge < -0.3 is 15.8 Å². The first kappa shape index (κ1) is 13.4. The smallest absolute Gasteiger partial charge is 0.0721 e. The predicted molar refractivity (Wildman–Crippen MR) is 70.5 cm³/mol. The molecule has 5 heteroatoms. The van der Waals surface area contributed by atoms with Gasteiger partial charge in [-0.1, -0.05) is 23.2 Å². The molecule has 3 nitrogen and oxygen atoms in total. The van der Waals surface area contributed by atoms with E-state index in [1.54, 1.807) is 12.1 Å². The number of anilines is 2. The van der Waals surface area contributed by atoms with Crippen molar-refractivity contribution in [2.45, 2.75) is 20.0 Å². The number of hydrogen-bond acceptors (Lipinski definition) is 3. The molecule has 1 rings (SSSR count). The van der Waals surface area contributed by atoms with Gasteiger partial charge in [0.05, 0.1) is 28.4 Å². The molecule has 0 heterocycles. The molecule has 0 amide bonds. The highest BCUT2D eigenvalue weighted by atomic mass is 35.5. The van der Waals surface area contributed by atoms with E-state index < -0.39 is 0 Å². The number of hydrogen-bond donors (Lipinski definition) is 2. The van der Waals surface area contributed by atoms with Gasteiger partial charge in [-0.05, 0) is 26.0 Å². The fourth-order valence-electron chi connectivity index (χ4n) is 1.23. The molecule has 0 spiro atoms. The molecule has 0 aromatic heterocycles. The summed E-state index contributed by atoms with van der Waals surface area (Å²) in [5, 5.41) is 4.16. The summed E-state index contributed by atoms with van der Waals surface area (Å²) in [5.41, 5.74) is 6.86. The highest BCUT2D eigenvalue weighted by molar-refractivity contribution is 6.39. The molecule has 0 aliphatic rings. The van der Waals surface area contributed by atoms with Crippen LogP contribution >= 0.6 is 23.2 Å². The third kappa shape index (κ3) is 4.08. The van der Waals surface area contributed by atoms with Gasteiger partial charge in [0, 0.05) is 12.2 Å². The second-order valence-electron chi connectivity index (χ2n) is 3.71. The minimum absolute atomic E-state index is 0.221. The zero-order valence-electron chi connectivity index (χ0n) is 9.39. The number of nitrogen functional groups attached to an aromatic ring is 1. The average molecular weight is 263 g/mol. The molecule has 0 aliphatic heterocycles. The number of nitrogens with one attached hydrogen (secondary N) is 1. The van der Waals surface area contributed by atoms with Crippen molar-refractivity contribution in [2.24, 2.45) is 0 Å². The van der Waals surface area contributed by atoms with Crippen LogP contribution < -0.4 is 11.1 Å². The summed E-state index contributed by atoms with van der Waals surface area (Å²) < 4.78 is 5.39. The monoisotopic (exact) mass is 262 g/mol. The van der Waals surface area contributed by atoms with Crippen LogP contribution in [0, 0.1) is 0 Å². The van der Waals surface area contributed by atoms with E-state index in [-0.39, 0.29) is 6.10 Å². The van der Waals surface area contributed by atoms with E-state index >= 15 is 0 Å². The van der Waals surface area contributed by atoms with Gasteiger partial charge in [0.25, 0.3) is 0 Å². The Bertz CT molecular complexity index is 333. The van der Waals surface area contributed by atoms with Gasteiger partial charge >= 0.3 is 0 Å². The molecule has 1 aromatic carbocycles. The summed E-state index contributed by atoms with van der Waals surface area (Å²) in [7, 11) is 0. The van der Waals surface area contributed by atoms with Crippen LogP contribution in [0.4, 0.5) is 11.4 Å². The number of rotatable bonds is 5. The number of halogens is 2. The minimum atomic E-state index is 0.221. The van der Waals surface area contributed by atoms with Crippen molar-refractivity contribution in [1.29, 1.82) is 0 Å². The van der Waals surface area contributed by atoms with E-state index in [2.05, 4.69) is 5.32 Å². The summed E-state index contributed by atoms with van der Waals surface area (Å²) in [4.78, 5) is 0. The van der Waals surface area contributed by atoms with Crippen molar-refractivity contribution < 1.29 is 4.74 Å². The van der Waals surface area contributed by atoms with E-state index in [4.69, 9.17) is 33.7 Å². The van der Waals surface area contributed by atoms with E-state index in [0.29, 0.717) is 34.6 Å². The van der Waals surface area contributed by atoms with Crippen LogP contribution in [0.1, 0.15) is 13.8 Å². The van der Waals surface area contributed by atoms with E-state index in [0.717, 1.165) is 0 Å². The van der Waals surface area contributed by atoms with Gasteiger partial charge in [-0.25, -0.2) is 0 Å². The molecule has 3 N–H and O–H groups in total. The lowest BCUT2D eigenvalue weighted by atomic mass is 10.3. The van der Waals surface area contributed by atoms with E-state index in [9.17, 15) is 0 Å². The van der Waals surface area contributed by atoms with Crippen molar-refractivity contribution in [1.82, 2.24) is 0 Å². The van der Waals surface area contributed by atoms with Crippen molar-refractivity contribution in [3.8, 4) is 0 Å². The fourth-order valence-corrected chi connectivity index (χ4v) is 1.87. The maximum atomic E-state index is 6.01. The molecule has 16 heavy (non-hydrogen) atoms. The molecule has 0 bridgehead atoms. The SMILES string of the molecule is CC(C)OCCNc1c(Cl)cc(N)cc1Cl. The van der Waals surface area contributed by atoms with Crippen LogP contribution in [0.3, 0.4) is 0 Å². The quantitative estimate of drug-likeness (QED) is 0.632. The molecular formula is C11H16Cl2N2O. The van der Waals surface area contributed by atoms with Crippen LogP contribution in [0.2, 0.25) is 10.0 Å². The first-order valence-corrected chi connectivity index (χ1v) is 5.86. The zero-order chi connectivity index (χ0) is 12.1. The Kier molecular flexibility index (Phi) is 5.19. The first-order chi connectivity index (χ1) is 7.50. The molecule has 1 aromatic rings. The van der Waals surface area contributed by atoms with Gasteiger partial charge in [-0.2, -0.15) is 0 Å². The molecule has 0 unspecified atom stereocenters. The van der Waals surface area contributed by atoms with Gasteiger partial charge in [-0.15, -0.1) is 0 Å². The third-order valence-corrected chi connectivity index (χ3v) is 2.52. The Labute approximate surface area is 106 Å². The maximum absolute atomic E-state index is 6.01. The molecule has 0 atom stereocenters. The van der Waals surface area contributed by atoms with Crippen molar-refractivity contribution in [3.63, 3.8) is 0 Å². The third-order valence-electron chi connectivity index (χ3n) is 1.92. The van der Waals surface area contributed by atoms with Crippen LogP contribution in [0.25, 0.3) is 0 Å². The topological polar surface area (TPSA) is 47.3 Å². The second-order valence-corrected chi connectivity index (χ2v) is 4.52. The Morgan fingerprint density at radius 3 is 2.38 bits per heavy atom. The van der Waals surface area contributed by atoms with Crippen LogP contribution in [-0.2, 0) is 4.74 Å². The largest absolute Gasteiger partial charge is 0.399 e. The van der Waals surface area contributed by atoms with Crippen LogP contribution in [-0.4, -0.2) is 19.3 Å². The summed E-state index contributed by atoms with van der Waals surface area (Å²) in [5.74, 6) is 0. The van der Waals surface area contributed by atoms with E-state index in [1.165, 1.54) is 0 Å².